The van der Waals surface area contributed by atoms with Crippen LogP contribution in [0.2, 0.25) is 0 Å². The van der Waals surface area contributed by atoms with E-state index in [0.717, 1.165) is 34.2 Å². The number of ether oxygens (including phenoxy) is 1. The van der Waals surface area contributed by atoms with E-state index in [1.165, 1.54) is 5.56 Å². The maximum atomic E-state index is 5.73. The van der Waals surface area contributed by atoms with Crippen LogP contribution in [0.15, 0.2) is 24.4 Å². The van der Waals surface area contributed by atoms with E-state index in [2.05, 4.69) is 28.6 Å². The molecule has 1 atom stereocenters. The normalized spacial score (nSPS) is 15.2. The zero-order valence-corrected chi connectivity index (χ0v) is 11.0. The fourth-order valence-corrected chi connectivity index (χ4v) is 3.17. The fourth-order valence-electron chi connectivity index (χ4n) is 2.30. The Kier molecular flexibility index (Phi) is 3.03. The van der Waals surface area contributed by atoms with E-state index in [4.69, 9.17) is 10.6 Å². The van der Waals surface area contributed by atoms with Crippen LogP contribution in [0.25, 0.3) is 0 Å². The molecule has 1 aromatic heterocycles. The summed E-state index contributed by atoms with van der Waals surface area (Å²) in [7, 11) is 0. The van der Waals surface area contributed by atoms with E-state index in [1.54, 1.807) is 11.3 Å². The number of aryl methyl sites for hydroxylation is 1. The number of hydrogen-bond donors (Lipinski definition) is 2. The van der Waals surface area contributed by atoms with Gasteiger partial charge in [0.25, 0.3) is 0 Å². The van der Waals surface area contributed by atoms with Crippen molar-refractivity contribution < 1.29 is 4.74 Å². The molecule has 3 N–H and O–H groups in total. The lowest BCUT2D eigenvalue weighted by atomic mass is 10.0. The minimum atomic E-state index is -0.0516. The van der Waals surface area contributed by atoms with Crippen molar-refractivity contribution in [1.82, 2.24) is 10.4 Å². The third-order valence-electron chi connectivity index (χ3n) is 3.15. The highest BCUT2D eigenvalue weighted by atomic mass is 32.1. The summed E-state index contributed by atoms with van der Waals surface area (Å²) >= 11 is 1.65. The summed E-state index contributed by atoms with van der Waals surface area (Å²) in [5.41, 5.74) is 5.22. The largest absolute Gasteiger partial charge is 0.493 e. The number of aromatic nitrogens is 1. The molecule has 18 heavy (non-hydrogen) atoms. The summed E-state index contributed by atoms with van der Waals surface area (Å²) in [6.45, 7) is 2.75. The maximum absolute atomic E-state index is 5.73. The molecule has 0 aliphatic carbocycles. The van der Waals surface area contributed by atoms with Crippen LogP contribution >= 0.6 is 11.3 Å². The maximum Gasteiger partial charge on any atom is 0.127 e. The second kappa shape index (κ2) is 4.68. The minimum absolute atomic E-state index is 0.0516. The lowest BCUT2D eigenvalue weighted by Crippen LogP contribution is -2.28. The number of rotatable bonds is 3. The van der Waals surface area contributed by atoms with Crippen LogP contribution in [0.3, 0.4) is 0 Å². The third kappa shape index (κ3) is 1.90. The Bertz CT molecular complexity index is 567. The second-order valence-electron chi connectivity index (χ2n) is 4.32. The molecule has 0 fully saturated rings. The van der Waals surface area contributed by atoms with E-state index < -0.39 is 0 Å². The Hall–Kier alpha value is -1.43. The first kappa shape index (κ1) is 11.6. The Morgan fingerprint density at radius 2 is 2.39 bits per heavy atom. The van der Waals surface area contributed by atoms with Gasteiger partial charge in [-0.2, -0.15) is 0 Å². The minimum Gasteiger partial charge on any atom is -0.493 e. The van der Waals surface area contributed by atoms with Crippen molar-refractivity contribution in [1.29, 1.82) is 0 Å². The second-order valence-corrected chi connectivity index (χ2v) is 5.58. The monoisotopic (exact) mass is 261 g/mol. The molecule has 2 heterocycles. The highest BCUT2D eigenvalue weighted by molar-refractivity contribution is 7.11. The molecule has 0 saturated heterocycles. The average Bonchev–Trinajstić information content (AvgIpc) is 2.99. The van der Waals surface area contributed by atoms with Crippen LogP contribution in [-0.2, 0) is 6.42 Å². The molecular weight excluding hydrogens is 246 g/mol. The first-order chi connectivity index (χ1) is 8.79. The predicted molar refractivity (Wildman–Crippen MR) is 71.7 cm³/mol. The van der Waals surface area contributed by atoms with Crippen LogP contribution in [0.5, 0.6) is 5.75 Å². The number of benzene rings is 1. The van der Waals surface area contributed by atoms with Crippen LogP contribution < -0.4 is 16.0 Å². The van der Waals surface area contributed by atoms with Gasteiger partial charge in [0.05, 0.1) is 17.7 Å². The summed E-state index contributed by atoms with van der Waals surface area (Å²) in [5, 5.41) is 1.04. The Morgan fingerprint density at radius 3 is 3.11 bits per heavy atom. The van der Waals surface area contributed by atoms with Gasteiger partial charge in [0.15, 0.2) is 0 Å². The molecule has 0 spiro atoms. The van der Waals surface area contributed by atoms with Gasteiger partial charge in [0.1, 0.15) is 5.75 Å². The van der Waals surface area contributed by atoms with Crippen LogP contribution in [0, 0.1) is 6.92 Å². The first-order valence-electron chi connectivity index (χ1n) is 5.92. The Morgan fingerprint density at radius 1 is 1.50 bits per heavy atom. The van der Waals surface area contributed by atoms with Gasteiger partial charge in [-0.15, -0.1) is 11.3 Å². The summed E-state index contributed by atoms with van der Waals surface area (Å²) < 4.78 is 5.73. The number of nitrogens with two attached hydrogens (primary N) is 1. The number of nitrogens with one attached hydrogen (secondary N) is 1. The molecule has 1 aliphatic rings. The molecule has 2 aromatic rings. The van der Waals surface area contributed by atoms with E-state index in [9.17, 15) is 0 Å². The topological polar surface area (TPSA) is 60.2 Å². The van der Waals surface area contributed by atoms with Crippen molar-refractivity contribution in [2.24, 2.45) is 5.84 Å². The molecule has 0 radical (unpaired) electrons. The van der Waals surface area contributed by atoms with Crippen molar-refractivity contribution in [2.75, 3.05) is 6.61 Å². The van der Waals surface area contributed by atoms with Gasteiger partial charge in [0, 0.05) is 23.1 Å². The van der Waals surface area contributed by atoms with Crippen LogP contribution in [0.4, 0.5) is 0 Å². The van der Waals surface area contributed by atoms with Gasteiger partial charge in [0.2, 0.25) is 0 Å². The van der Waals surface area contributed by atoms with E-state index >= 15 is 0 Å². The van der Waals surface area contributed by atoms with Gasteiger partial charge in [-0.3, -0.25) is 5.84 Å². The number of hydrazine groups is 1. The average molecular weight is 261 g/mol. The third-order valence-corrected chi connectivity index (χ3v) is 4.12. The lowest BCUT2D eigenvalue weighted by Gasteiger charge is -2.17. The highest BCUT2D eigenvalue weighted by Crippen LogP contribution is 2.37. The number of para-hydroxylation sites is 1. The van der Waals surface area contributed by atoms with E-state index in [0.29, 0.717) is 0 Å². The van der Waals surface area contributed by atoms with E-state index in [-0.39, 0.29) is 6.04 Å². The van der Waals surface area contributed by atoms with Gasteiger partial charge in [-0.05, 0) is 12.5 Å². The molecule has 1 unspecified atom stereocenters. The molecule has 0 amide bonds. The van der Waals surface area contributed by atoms with Crippen molar-refractivity contribution in [3.05, 3.63) is 45.4 Å². The molecule has 3 rings (SSSR count). The zero-order valence-electron chi connectivity index (χ0n) is 10.1. The molecule has 1 aliphatic heterocycles. The van der Waals surface area contributed by atoms with E-state index in [1.807, 2.05) is 13.1 Å². The molecule has 94 valence electrons. The molecule has 0 saturated carbocycles. The predicted octanol–water partition coefficient (Wildman–Crippen LogP) is 1.94. The number of hydrogen-bond acceptors (Lipinski definition) is 5. The molecule has 4 nitrogen and oxygen atoms in total. The fraction of sp³-hybridized carbons (Fsp3) is 0.308. The van der Waals surface area contributed by atoms with Gasteiger partial charge >= 0.3 is 0 Å². The molecular formula is C13H15N3OS. The first-order valence-corrected chi connectivity index (χ1v) is 6.74. The summed E-state index contributed by atoms with van der Waals surface area (Å²) in [6.07, 6.45) is 2.85. The Balaban J connectivity index is 2.05. The van der Waals surface area contributed by atoms with Gasteiger partial charge < -0.3 is 4.74 Å². The van der Waals surface area contributed by atoms with Gasteiger partial charge in [-0.1, -0.05) is 18.2 Å². The molecule has 1 aromatic carbocycles. The highest BCUT2D eigenvalue weighted by Gasteiger charge is 2.23. The quantitative estimate of drug-likeness (QED) is 0.655. The number of fused-ring (bicyclic) bond motifs is 1. The van der Waals surface area contributed by atoms with Crippen molar-refractivity contribution in [3.63, 3.8) is 0 Å². The number of thiazole rings is 1. The summed E-state index contributed by atoms with van der Waals surface area (Å²) in [5.74, 6) is 6.69. The van der Waals surface area contributed by atoms with Crippen molar-refractivity contribution in [2.45, 2.75) is 19.4 Å². The molecule has 0 bridgehead atoms. The molecule has 5 heteroatoms. The summed E-state index contributed by atoms with van der Waals surface area (Å²) in [6, 6.07) is 6.17. The van der Waals surface area contributed by atoms with Crippen molar-refractivity contribution in [3.8, 4) is 5.75 Å². The van der Waals surface area contributed by atoms with Crippen LogP contribution in [-0.4, -0.2) is 11.6 Å². The zero-order chi connectivity index (χ0) is 12.5. The standard InChI is InChI=1S/C13H15N3OS/c1-8-15-7-11(18-8)12(16-14)10-4-2-3-9-5-6-17-13(9)10/h2-4,7,12,16H,5-6,14H2,1H3. The number of nitrogens with zero attached hydrogens (tertiary/aromatic N) is 1. The SMILES string of the molecule is Cc1ncc(C(NN)c2cccc3c2OCC3)s1. The smallest absolute Gasteiger partial charge is 0.127 e. The lowest BCUT2D eigenvalue weighted by molar-refractivity contribution is 0.350. The van der Waals surface area contributed by atoms with Crippen LogP contribution in [0.1, 0.15) is 27.1 Å². The summed E-state index contributed by atoms with van der Waals surface area (Å²) in [4.78, 5) is 5.40. The van der Waals surface area contributed by atoms with Gasteiger partial charge in [-0.25, -0.2) is 10.4 Å². The van der Waals surface area contributed by atoms with Crippen molar-refractivity contribution >= 4 is 11.3 Å². The Labute approximate surface area is 110 Å².